The van der Waals surface area contributed by atoms with Crippen LogP contribution in [0.1, 0.15) is 12.0 Å². The number of halogens is 4. The second kappa shape index (κ2) is 7.61. The van der Waals surface area contributed by atoms with E-state index in [9.17, 15) is 18.3 Å². The highest BCUT2D eigenvalue weighted by Gasteiger charge is 2.12. The van der Waals surface area contributed by atoms with Crippen LogP contribution in [0.2, 0.25) is 5.02 Å². The summed E-state index contributed by atoms with van der Waals surface area (Å²) in [7, 11) is 0. The fourth-order valence-corrected chi connectivity index (χ4v) is 1.65. The van der Waals surface area contributed by atoms with Crippen molar-refractivity contribution in [1.29, 1.82) is 0 Å². The third-order valence-corrected chi connectivity index (χ3v) is 2.62. The number of ether oxygens (including phenoxy) is 1. The van der Waals surface area contributed by atoms with Crippen molar-refractivity contribution in [3.63, 3.8) is 0 Å². The molecule has 0 aliphatic rings. The van der Waals surface area contributed by atoms with E-state index in [0.29, 0.717) is 5.56 Å². The van der Waals surface area contributed by atoms with E-state index in [2.05, 4.69) is 4.74 Å². The SMILES string of the molecule is OC(CCOCC(F)F)Cc1cccc(Cl)c1F. The molecule has 0 bridgehead atoms. The summed E-state index contributed by atoms with van der Waals surface area (Å²) in [5, 5.41) is 9.60. The van der Waals surface area contributed by atoms with Crippen molar-refractivity contribution in [3.05, 3.63) is 34.6 Å². The van der Waals surface area contributed by atoms with Gasteiger partial charge in [-0.25, -0.2) is 13.2 Å². The second-order valence-corrected chi connectivity index (χ2v) is 4.23. The lowest BCUT2D eigenvalue weighted by molar-refractivity contribution is 0.00506. The Labute approximate surface area is 108 Å². The van der Waals surface area contributed by atoms with Gasteiger partial charge < -0.3 is 9.84 Å². The van der Waals surface area contributed by atoms with Crippen molar-refractivity contribution in [2.24, 2.45) is 0 Å². The topological polar surface area (TPSA) is 29.5 Å². The van der Waals surface area contributed by atoms with Gasteiger partial charge in [0.1, 0.15) is 12.4 Å². The monoisotopic (exact) mass is 282 g/mol. The van der Waals surface area contributed by atoms with E-state index >= 15 is 0 Å². The zero-order valence-corrected chi connectivity index (χ0v) is 10.3. The van der Waals surface area contributed by atoms with Gasteiger partial charge in [-0.15, -0.1) is 0 Å². The normalized spacial score (nSPS) is 13.0. The van der Waals surface area contributed by atoms with Crippen LogP contribution in [0.3, 0.4) is 0 Å². The van der Waals surface area contributed by atoms with Gasteiger partial charge in [0.15, 0.2) is 0 Å². The maximum atomic E-state index is 13.5. The van der Waals surface area contributed by atoms with E-state index in [0.717, 1.165) is 0 Å². The summed E-state index contributed by atoms with van der Waals surface area (Å²) in [5.74, 6) is -0.563. The van der Waals surface area contributed by atoms with Crippen molar-refractivity contribution in [2.75, 3.05) is 13.2 Å². The first-order chi connectivity index (χ1) is 8.50. The largest absolute Gasteiger partial charge is 0.393 e. The van der Waals surface area contributed by atoms with E-state index in [1.165, 1.54) is 12.1 Å². The molecule has 1 aromatic rings. The van der Waals surface area contributed by atoms with Gasteiger partial charge in [-0.3, -0.25) is 0 Å². The molecule has 0 heterocycles. The Morgan fingerprint density at radius 1 is 1.33 bits per heavy atom. The molecule has 102 valence electrons. The van der Waals surface area contributed by atoms with Crippen LogP contribution in [-0.2, 0) is 11.2 Å². The average molecular weight is 283 g/mol. The smallest absolute Gasteiger partial charge is 0.261 e. The first kappa shape index (κ1) is 15.3. The van der Waals surface area contributed by atoms with Crippen LogP contribution in [0, 0.1) is 5.82 Å². The second-order valence-electron chi connectivity index (χ2n) is 3.83. The molecule has 1 N–H and O–H groups in total. The zero-order valence-electron chi connectivity index (χ0n) is 9.58. The third kappa shape index (κ3) is 5.25. The molecule has 0 aromatic heterocycles. The van der Waals surface area contributed by atoms with Crippen molar-refractivity contribution >= 4 is 11.6 Å². The summed E-state index contributed by atoms with van der Waals surface area (Å²) in [6.07, 6.45) is -3.13. The predicted molar refractivity (Wildman–Crippen MR) is 62.6 cm³/mol. The standard InChI is InChI=1S/C12H14ClF3O2/c13-10-3-1-2-8(12(10)16)6-9(17)4-5-18-7-11(14)15/h1-3,9,11,17H,4-7H2. The van der Waals surface area contributed by atoms with Crippen LogP contribution in [0.5, 0.6) is 0 Å². The Hall–Kier alpha value is -0.780. The molecule has 18 heavy (non-hydrogen) atoms. The van der Waals surface area contributed by atoms with Crippen LogP contribution < -0.4 is 0 Å². The lowest BCUT2D eigenvalue weighted by Crippen LogP contribution is -2.16. The van der Waals surface area contributed by atoms with Crippen LogP contribution in [0.4, 0.5) is 13.2 Å². The number of alkyl halides is 2. The number of benzene rings is 1. The van der Waals surface area contributed by atoms with Crippen molar-refractivity contribution in [3.8, 4) is 0 Å². The highest BCUT2D eigenvalue weighted by molar-refractivity contribution is 6.30. The summed E-state index contributed by atoms with van der Waals surface area (Å²) >= 11 is 5.59. The minimum atomic E-state index is -2.52. The molecule has 0 amide bonds. The Morgan fingerprint density at radius 2 is 2.06 bits per heavy atom. The molecule has 2 nitrogen and oxygen atoms in total. The lowest BCUT2D eigenvalue weighted by atomic mass is 10.1. The van der Waals surface area contributed by atoms with Gasteiger partial charge in [-0.1, -0.05) is 23.7 Å². The van der Waals surface area contributed by atoms with Crippen molar-refractivity contribution in [1.82, 2.24) is 0 Å². The first-order valence-electron chi connectivity index (χ1n) is 5.47. The molecule has 0 aliphatic heterocycles. The van der Waals surface area contributed by atoms with Gasteiger partial charge in [0.2, 0.25) is 0 Å². The molecule has 0 spiro atoms. The van der Waals surface area contributed by atoms with Gasteiger partial charge >= 0.3 is 0 Å². The van der Waals surface area contributed by atoms with Gasteiger partial charge in [-0.2, -0.15) is 0 Å². The zero-order chi connectivity index (χ0) is 13.5. The summed E-state index contributed by atoms with van der Waals surface area (Å²) < 4.78 is 41.6. The van der Waals surface area contributed by atoms with Crippen LogP contribution in [0.25, 0.3) is 0 Å². The molecular formula is C12H14ClF3O2. The minimum Gasteiger partial charge on any atom is -0.393 e. The molecular weight excluding hydrogens is 269 g/mol. The Kier molecular flexibility index (Phi) is 6.46. The van der Waals surface area contributed by atoms with Gasteiger partial charge in [0, 0.05) is 13.0 Å². The molecule has 0 radical (unpaired) electrons. The lowest BCUT2D eigenvalue weighted by Gasteiger charge is -2.12. The van der Waals surface area contributed by atoms with Gasteiger partial charge in [0.25, 0.3) is 6.43 Å². The van der Waals surface area contributed by atoms with E-state index in [1.54, 1.807) is 6.07 Å². The summed E-state index contributed by atoms with van der Waals surface area (Å²) in [6, 6.07) is 4.52. The van der Waals surface area contributed by atoms with Gasteiger partial charge in [-0.05, 0) is 18.1 Å². The summed E-state index contributed by atoms with van der Waals surface area (Å²) in [4.78, 5) is 0. The molecule has 0 saturated heterocycles. The quantitative estimate of drug-likeness (QED) is 0.779. The van der Waals surface area contributed by atoms with E-state index in [1.807, 2.05) is 0 Å². The highest BCUT2D eigenvalue weighted by atomic mass is 35.5. The maximum absolute atomic E-state index is 13.5. The van der Waals surface area contributed by atoms with E-state index in [4.69, 9.17) is 11.6 Å². The van der Waals surface area contributed by atoms with Gasteiger partial charge in [0.05, 0.1) is 11.1 Å². The molecule has 6 heteroatoms. The predicted octanol–water partition coefficient (Wildman–Crippen LogP) is 3.05. The number of aliphatic hydroxyl groups is 1. The fraction of sp³-hybridized carbons (Fsp3) is 0.500. The number of rotatable bonds is 7. The van der Waals surface area contributed by atoms with Crippen LogP contribution in [0.15, 0.2) is 18.2 Å². The fourth-order valence-electron chi connectivity index (χ4n) is 1.45. The Balaban J connectivity index is 2.35. The number of hydrogen-bond acceptors (Lipinski definition) is 2. The van der Waals surface area contributed by atoms with Crippen LogP contribution >= 0.6 is 11.6 Å². The Bertz CT molecular complexity index is 374. The summed E-state index contributed by atoms with van der Waals surface area (Å²) in [6.45, 7) is -0.647. The number of aliphatic hydroxyl groups excluding tert-OH is 1. The average Bonchev–Trinajstić information content (AvgIpc) is 2.30. The minimum absolute atomic E-state index is 0.00588. The first-order valence-corrected chi connectivity index (χ1v) is 5.85. The third-order valence-electron chi connectivity index (χ3n) is 2.33. The number of hydrogen-bond donors (Lipinski definition) is 1. The van der Waals surface area contributed by atoms with E-state index < -0.39 is 25.0 Å². The van der Waals surface area contributed by atoms with Crippen molar-refractivity contribution in [2.45, 2.75) is 25.4 Å². The van der Waals surface area contributed by atoms with E-state index in [-0.39, 0.29) is 24.5 Å². The molecule has 1 unspecified atom stereocenters. The molecule has 1 atom stereocenters. The van der Waals surface area contributed by atoms with Crippen LogP contribution in [-0.4, -0.2) is 30.8 Å². The molecule has 0 fully saturated rings. The maximum Gasteiger partial charge on any atom is 0.261 e. The molecule has 1 aromatic carbocycles. The molecule has 1 rings (SSSR count). The summed E-state index contributed by atoms with van der Waals surface area (Å²) in [5.41, 5.74) is 0.295. The highest BCUT2D eigenvalue weighted by Crippen LogP contribution is 2.19. The molecule has 0 aliphatic carbocycles. The van der Waals surface area contributed by atoms with Crippen molar-refractivity contribution < 1.29 is 23.0 Å². The Morgan fingerprint density at radius 3 is 2.72 bits per heavy atom. The molecule has 0 saturated carbocycles.